The molecule has 2 N–H and O–H groups in total. The Morgan fingerprint density at radius 2 is 1.90 bits per heavy atom. The molecule has 0 aliphatic carbocycles. The number of nitrogens with zero attached hydrogens (tertiary/aromatic N) is 2. The summed E-state index contributed by atoms with van der Waals surface area (Å²) in [5.41, 5.74) is 7.57. The zero-order valence-corrected chi connectivity index (χ0v) is 18.8. The summed E-state index contributed by atoms with van der Waals surface area (Å²) in [4.78, 5) is 17.2. The van der Waals surface area contributed by atoms with Gasteiger partial charge in [0.2, 0.25) is 0 Å². The van der Waals surface area contributed by atoms with Crippen LogP contribution < -0.4 is 10.6 Å². The number of methoxy groups -OCH3 is 1. The van der Waals surface area contributed by atoms with Crippen LogP contribution in [0.1, 0.15) is 37.5 Å². The van der Waals surface area contributed by atoms with Gasteiger partial charge in [-0.15, -0.1) is 0 Å². The van der Waals surface area contributed by atoms with E-state index < -0.39 is 0 Å². The zero-order chi connectivity index (χ0) is 21.6. The molecular formula is C24H32N4O2. The second-order valence-corrected chi connectivity index (χ2v) is 8.89. The third kappa shape index (κ3) is 3.49. The molecule has 0 bridgehead atoms. The first kappa shape index (κ1) is 20.5. The van der Waals surface area contributed by atoms with Crippen molar-refractivity contribution in [3.05, 3.63) is 69.8 Å². The fraction of sp³-hybridized carbons (Fsp3) is 0.458. The number of carbonyl (C=O) groups excluding carboxylic acids is 1. The molecule has 3 aliphatic heterocycles. The van der Waals surface area contributed by atoms with Crippen LogP contribution in [0, 0.1) is 13.8 Å². The Kier molecular flexibility index (Phi) is 5.14. The quantitative estimate of drug-likeness (QED) is 0.785. The van der Waals surface area contributed by atoms with E-state index in [0.29, 0.717) is 18.7 Å². The van der Waals surface area contributed by atoms with Crippen molar-refractivity contribution in [2.24, 2.45) is 0 Å². The Morgan fingerprint density at radius 3 is 2.53 bits per heavy atom. The van der Waals surface area contributed by atoms with Crippen molar-refractivity contribution in [1.29, 1.82) is 0 Å². The van der Waals surface area contributed by atoms with Gasteiger partial charge in [0.15, 0.2) is 0 Å². The summed E-state index contributed by atoms with van der Waals surface area (Å²) in [6, 6.07) is 6.37. The number of aryl methyl sites for hydroxylation is 2. The Bertz CT molecular complexity index is 949. The summed E-state index contributed by atoms with van der Waals surface area (Å²) in [5, 5.41) is 7.16. The average molecular weight is 409 g/mol. The largest absolute Gasteiger partial charge is 0.381 e. The van der Waals surface area contributed by atoms with Gasteiger partial charge in [-0.05, 0) is 57.4 Å². The van der Waals surface area contributed by atoms with E-state index in [1.807, 2.05) is 24.1 Å². The minimum atomic E-state index is -0.234. The van der Waals surface area contributed by atoms with Gasteiger partial charge in [0.1, 0.15) is 11.8 Å². The summed E-state index contributed by atoms with van der Waals surface area (Å²) >= 11 is 0. The van der Waals surface area contributed by atoms with Gasteiger partial charge in [0, 0.05) is 31.2 Å². The van der Waals surface area contributed by atoms with Crippen LogP contribution in [-0.4, -0.2) is 47.7 Å². The molecule has 6 nitrogen and oxygen atoms in total. The highest BCUT2D eigenvalue weighted by molar-refractivity contribution is 5.97. The molecule has 6 heteroatoms. The van der Waals surface area contributed by atoms with E-state index in [4.69, 9.17) is 4.74 Å². The molecule has 30 heavy (non-hydrogen) atoms. The van der Waals surface area contributed by atoms with Gasteiger partial charge < -0.3 is 25.2 Å². The standard InChI is InChI=1S/C24H32N4O2/c1-15-8-7-9-16(2)20(15)11-25-21-10-19(12-28-18(4)17(3)26-22(21)28)23(29)27-13-24(5,14-27)30-6/h7-10,12,22,25-26H,11,13-14H2,1-6H3. The van der Waals surface area contributed by atoms with Gasteiger partial charge in [-0.2, -0.15) is 0 Å². The Labute approximate surface area is 179 Å². The lowest BCUT2D eigenvalue weighted by atomic mass is 9.95. The molecule has 0 saturated carbocycles. The first-order chi connectivity index (χ1) is 14.2. The van der Waals surface area contributed by atoms with Crippen molar-refractivity contribution in [2.75, 3.05) is 20.2 Å². The van der Waals surface area contributed by atoms with Crippen molar-refractivity contribution < 1.29 is 9.53 Å². The van der Waals surface area contributed by atoms with E-state index in [1.54, 1.807) is 7.11 Å². The van der Waals surface area contributed by atoms with Gasteiger partial charge in [-0.1, -0.05) is 18.2 Å². The first-order valence-corrected chi connectivity index (χ1v) is 10.5. The number of hydrogen-bond donors (Lipinski definition) is 2. The fourth-order valence-electron chi connectivity index (χ4n) is 4.40. The van der Waals surface area contributed by atoms with Gasteiger partial charge in [0.25, 0.3) is 5.91 Å². The second kappa shape index (κ2) is 7.51. The topological polar surface area (TPSA) is 56.8 Å². The number of nitrogens with one attached hydrogen (secondary N) is 2. The van der Waals surface area contributed by atoms with Crippen molar-refractivity contribution in [3.63, 3.8) is 0 Å². The number of fused-ring (bicyclic) bond motifs is 1. The molecule has 1 saturated heterocycles. The van der Waals surface area contributed by atoms with Gasteiger partial charge >= 0.3 is 0 Å². The van der Waals surface area contributed by atoms with E-state index >= 15 is 0 Å². The highest BCUT2D eigenvalue weighted by Gasteiger charge is 2.43. The summed E-state index contributed by atoms with van der Waals surface area (Å²) in [7, 11) is 1.70. The maximum Gasteiger partial charge on any atom is 0.255 e. The van der Waals surface area contributed by atoms with Crippen LogP contribution in [0.25, 0.3) is 0 Å². The molecule has 0 spiro atoms. The van der Waals surface area contributed by atoms with E-state index in [2.05, 4.69) is 61.4 Å². The van der Waals surface area contributed by atoms with Gasteiger partial charge in [-0.25, -0.2) is 0 Å². The normalized spacial score (nSPS) is 22.1. The number of amides is 1. The average Bonchev–Trinajstić information content (AvgIpc) is 2.98. The molecule has 3 heterocycles. The number of benzene rings is 1. The number of allylic oxidation sites excluding steroid dienone is 2. The molecule has 0 aromatic heterocycles. The number of likely N-dealkylation sites (tertiary alicyclic amines) is 1. The van der Waals surface area contributed by atoms with E-state index in [0.717, 1.165) is 23.6 Å². The molecule has 3 aliphatic rings. The SMILES string of the molecule is COC1(C)CN(C(=O)C2=CN3C(C)=C(C)NC3C(NCc3c(C)cccc3C)=C2)C1. The van der Waals surface area contributed by atoms with Crippen molar-refractivity contribution >= 4 is 5.91 Å². The number of ether oxygens (including phenoxy) is 1. The third-order valence-corrected chi connectivity index (χ3v) is 6.64. The monoisotopic (exact) mass is 408 g/mol. The maximum absolute atomic E-state index is 13.2. The first-order valence-electron chi connectivity index (χ1n) is 10.5. The molecule has 1 aromatic carbocycles. The maximum atomic E-state index is 13.2. The van der Waals surface area contributed by atoms with Crippen LogP contribution in [0.3, 0.4) is 0 Å². The molecule has 1 unspecified atom stereocenters. The summed E-state index contributed by atoms with van der Waals surface area (Å²) in [6.07, 6.45) is 3.96. The van der Waals surface area contributed by atoms with Crippen LogP contribution in [-0.2, 0) is 16.1 Å². The highest BCUT2D eigenvalue weighted by Crippen LogP contribution is 2.32. The summed E-state index contributed by atoms with van der Waals surface area (Å²) in [6.45, 7) is 12.4. The predicted molar refractivity (Wildman–Crippen MR) is 118 cm³/mol. The van der Waals surface area contributed by atoms with E-state index in [1.165, 1.54) is 16.7 Å². The molecule has 4 rings (SSSR count). The van der Waals surface area contributed by atoms with Crippen LogP contribution in [0.15, 0.2) is 53.1 Å². The van der Waals surface area contributed by atoms with Crippen LogP contribution >= 0.6 is 0 Å². The van der Waals surface area contributed by atoms with Crippen LogP contribution in [0.2, 0.25) is 0 Å². The Balaban J connectivity index is 1.57. The highest BCUT2D eigenvalue weighted by atomic mass is 16.5. The van der Waals surface area contributed by atoms with Crippen molar-refractivity contribution in [2.45, 2.75) is 52.9 Å². The second-order valence-electron chi connectivity index (χ2n) is 8.89. The molecule has 1 aromatic rings. The zero-order valence-electron chi connectivity index (χ0n) is 18.8. The van der Waals surface area contributed by atoms with Crippen LogP contribution in [0.5, 0.6) is 0 Å². The molecule has 1 amide bonds. The van der Waals surface area contributed by atoms with E-state index in [-0.39, 0.29) is 17.7 Å². The van der Waals surface area contributed by atoms with Crippen LogP contribution in [0.4, 0.5) is 0 Å². The summed E-state index contributed by atoms with van der Waals surface area (Å²) in [5.74, 6) is 0.0479. The minimum absolute atomic E-state index is 0.00786. The lowest BCUT2D eigenvalue weighted by Gasteiger charge is -2.47. The Hall–Kier alpha value is -2.73. The molecule has 0 radical (unpaired) electrons. The van der Waals surface area contributed by atoms with Gasteiger partial charge in [-0.3, -0.25) is 4.79 Å². The number of carbonyl (C=O) groups is 1. The third-order valence-electron chi connectivity index (χ3n) is 6.64. The fourth-order valence-corrected chi connectivity index (χ4v) is 4.40. The minimum Gasteiger partial charge on any atom is -0.381 e. The van der Waals surface area contributed by atoms with Gasteiger partial charge in [0.05, 0.1) is 24.4 Å². The lowest BCUT2D eigenvalue weighted by Crippen LogP contribution is -2.63. The molecular weight excluding hydrogens is 376 g/mol. The summed E-state index contributed by atoms with van der Waals surface area (Å²) < 4.78 is 5.50. The molecule has 160 valence electrons. The van der Waals surface area contributed by atoms with E-state index in [9.17, 15) is 4.79 Å². The lowest BCUT2D eigenvalue weighted by molar-refractivity contribution is -0.153. The number of rotatable bonds is 5. The molecule has 1 fully saturated rings. The van der Waals surface area contributed by atoms with Crippen molar-refractivity contribution in [3.8, 4) is 0 Å². The smallest absolute Gasteiger partial charge is 0.255 e. The van der Waals surface area contributed by atoms with Crippen molar-refractivity contribution in [1.82, 2.24) is 20.4 Å². The Morgan fingerprint density at radius 1 is 1.23 bits per heavy atom. The molecule has 1 atom stereocenters. The number of hydrogen-bond acceptors (Lipinski definition) is 5. The predicted octanol–water partition coefficient (Wildman–Crippen LogP) is 2.90.